The van der Waals surface area contributed by atoms with Gasteiger partial charge in [0.2, 0.25) is 0 Å². The molecule has 8 heteroatoms. The molecular weight excluding hydrogens is 622 g/mol. The lowest BCUT2D eigenvalue weighted by Gasteiger charge is -2.17. The molecule has 5 rings (SSSR count). The zero-order chi connectivity index (χ0) is 25.2. The van der Waals surface area contributed by atoms with Gasteiger partial charge in [0.05, 0.1) is 22.2 Å². The van der Waals surface area contributed by atoms with E-state index in [-0.39, 0.29) is 5.91 Å². The maximum atomic E-state index is 13.4. The number of anilines is 1. The van der Waals surface area contributed by atoms with Gasteiger partial charge in [-0.25, -0.2) is 0 Å². The van der Waals surface area contributed by atoms with E-state index in [0.29, 0.717) is 27.3 Å². The molecule has 0 spiro atoms. The van der Waals surface area contributed by atoms with Crippen molar-refractivity contribution in [2.45, 2.75) is 6.61 Å². The van der Waals surface area contributed by atoms with Gasteiger partial charge in [-0.15, -0.1) is 0 Å². The number of hydrogen-bond acceptors (Lipinski definition) is 5. The standard InChI is InChI=1S/C28H19Br2NO3S2/c1-33-24-14-18(13-22(30)26(24)34-16-17-9-11-20(29)12-10-17)15-25-27(32)31(28(35)36-25)23-8-4-6-19-5-2-3-7-21(19)23/h2-15H,16H2,1H3/b25-15-. The van der Waals surface area contributed by atoms with Crippen molar-refractivity contribution < 1.29 is 14.3 Å². The molecule has 0 aliphatic carbocycles. The highest BCUT2D eigenvalue weighted by molar-refractivity contribution is 9.10. The van der Waals surface area contributed by atoms with Crippen molar-refractivity contribution in [1.29, 1.82) is 0 Å². The molecule has 1 aliphatic rings. The van der Waals surface area contributed by atoms with Crippen molar-refractivity contribution in [2.75, 3.05) is 12.0 Å². The number of fused-ring (bicyclic) bond motifs is 1. The fourth-order valence-corrected chi connectivity index (χ4v) is 6.05. The molecule has 1 fully saturated rings. The number of methoxy groups -OCH3 is 1. The molecule has 0 bridgehead atoms. The van der Waals surface area contributed by atoms with Crippen LogP contribution in [0.5, 0.6) is 11.5 Å². The number of carbonyl (C=O) groups is 1. The molecule has 0 aromatic heterocycles. The minimum absolute atomic E-state index is 0.146. The maximum Gasteiger partial charge on any atom is 0.270 e. The lowest BCUT2D eigenvalue weighted by molar-refractivity contribution is -0.113. The van der Waals surface area contributed by atoms with Gasteiger partial charge in [0.15, 0.2) is 15.8 Å². The Balaban J connectivity index is 1.42. The third kappa shape index (κ3) is 5.09. The number of thiocarbonyl (C=S) groups is 1. The van der Waals surface area contributed by atoms with E-state index in [1.54, 1.807) is 12.0 Å². The van der Waals surface area contributed by atoms with E-state index in [4.69, 9.17) is 21.7 Å². The molecule has 0 radical (unpaired) electrons. The summed E-state index contributed by atoms with van der Waals surface area (Å²) in [7, 11) is 1.60. The lowest BCUT2D eigenvalue weighted by Crippen LogP contribution is -2.27. The van der Waals surface area contributed by atoms with Crippen LogP contribution in [0.15, 0.2) is 92.7 Å². The summed E-state index contributed by atoms with van der Waals surface area (Å²) in [5, 5.41) is 2.04. The first-order chi connectivity index (χ1) is 17.4. The van der Waals surface area contributed by atoms with Crippen LogP contribution in [0.4, 0.5) is 5.69 Å². The van der Waals surface area contributed by atoms with Gasteiger partial charge >= 0.3 is 0 Å². The summed E-state index contributed by atoms with van der Waals surface area (Å²) in [6.07, 6.45) is 1.83. The van der Waals surface area contributed by atoms with Gasteiger partial charge in [0.1, 0.15) is 6.61 Å². The second kappa shape index (κ2) is 10.8. The quantitative estimate of drug-likeness (QED) is 0.156. The normalized spacial score (nSPS) is 14.6. The zero-order valence-corrected chi connectivity index (χ0v) is 23.8. The maximum absolute atomic E-state index is 13.4. The summed E-state index contributed by atoms with van der Waals surface area (Å²) in [6, 6.07) is 25.6. The molecule has 1 amide bonds. The Kier molecular flexibility index (Phi) is 7.48. The van der Waals surface area contributed by atoms with Crippen molar-refractivity contribution in [3.63, 3.8) is 0 Å². The van der Waals surface area contributed by atoms with Crippen LogP contribution in [0.3, 0.4) is 0 Å². The van der Waals surface area contributed by atoms with Crippen molar-refractivity contribution >= 4 is 88.6 Å². The Bertz CT molecular complexity index is 1510. The van der Waals surface area contributed by atoms with Gasteiger partial charge in [0, 0.05) is 9.86 Å². The van der Waals surface area contributed by atoms with Gasteiger partial charge < -0.3 is 9.47 Å². The highest BCUT2D eigenvalue weighted by Crippen LogP contribution is 2.41. The summed E-state index contributed by atoms with van der Waals surface area (Å²) in [4.78, 5) is 15.6. The Hall–Kier alpha value is -2.65. The number of ether oxygens (including phenoxy) is 2. The first kappa shape index (κ1) is 25.0. The number of thioether (sulfide) groups is 1. The van der Waals surface area contributed by atoms with Crippen LogP contribution >= 0.6 is 55.8 Å². The molecule has 36 heavy (non-hydrogen) atoms. The number of carbonyl (C=O) groups excluding carboxylic acids is 1. The average molecular weight is 641 g/mol. The molecule has 4 aromatic carbocycles. The van der Waals surface area contributed by atoms with Crippen molar-refractivity contribution in [2.24, 2.45) is 0 Å². The van der Waals surface area contributed by atoms with Crippen LogP contribution in [-0.2, 0) is 11.4 Å². The fourth-order valence-electron chi connectivity index (χ4n) is 3.93. The number of halogens is 2. The van der Waals surface area contributed by atoms with Gasteiger partial charge in [0.25, 0.3) is 5.91 Å². The second-order valence-electron chi connectivity index (χ2n) is 7.96. The zero-order valence-electron chi connectivity index (χ0n) is 19.0. The van der Waals surface area contributed by atoms with E-state index >= 15 is 0 Å². The van der Waals surface area contributed by atoms with Crippen LogP contribution in [0.1, 0.15) is 11.1 Å². The average Bonchev–Trinajstić information content (AvgIpc) is 3.15. The third-order valence-electron chi connectivity index (χ3n) is 5.65. The van der Waals surface area contributed by atoms with Crippen LogP contribution in [0.25, 0.3) is 16.8 Å². The van der Waals surface area contributed by atoms with Crippen LogP contribution < -0.4 is 14.4 Å². The minimum Gasteiger partial charge on any atom is -0.493 e. The highest BCUT2D eigenvalue weighted by Gasteiger charge is 2.34. The Morgan fingerprint density at radius 2 is 1.75 bits per heavy atom. The summed E-state index contributed by atoms with van der Waals surface area (Å²) in [6.45, 7) is 0.394. The topological polar surface area (TPSA) is 38.8 Å². The molecule has 0 N–H and O–H groups in total. The van der Waals surface area contributed by atoms with Crippen LogP contribution in [0.2, 0.25) is 0 Å². The van der Waals surface area contributed by atoms with E-state index in [0.717, 1.165) is 36.5 Å². The van der Waals surface area contributed by atoms with Crippen molar-refractivity contribution in [1.82, 2.24) is 0 Å². The number of benzene rings is 4. The van der Waals surface area contributed by atoms with Crippen molar-refractivity contribution in [3.8, 4) is 11.5 Å². The molecule has 0 saturated carbocycles. The first-order valence-electron chi connectivity index (χ1n) is 10.9. The lowest BCUT2D eigenvalue weighted by atomic mass is 10.1. The molecule has 4 aromatic rings. The number of nitrogens with zero attached hydrogens (tertiary/aromatic N) is 1. The largest absolute Gasteiger partial charge is 0.493 e. The molecule has 1 saturated heterocycles. The molecule has 0 atom stereocenters. The summed E-state index contributed by atoms with van der Waals surface area (Å²) >= 11 is 14.0. The Morgan fingerprint density at radius 3 is 2.53 bits per heavy atom. The number of hydrogen-bond donors (Lipinski definition) is 0. The fraction of sp³-hybridized carbons (Fsp3) is 0.0714. The molecule has 1 aliphatic heterocycles. The second-order valence-corrected chi connectivity index (χ2v) is 11.4. The Labute approximate surface area is 235 Å². The summed E-state index contributed by atoms with van der Waals surface area (Å²) < 4.78 is 13.9. The van der Waals surface area contributed by atoms with Crippen LogP contribution in [0, 0.1) is 0 Å². The van der Waals surface area contributed by atoms with Gasteiger partial charge in [-0.05, 0) is 68.9 Å². The monoisotopic (exact) mass is 639 g/mol. The number of amides is 1. The highest BCUT2D eigenvalue weighted by atomic mass is 79.9. The van der Waals surface area contributed by atoms with E-state index < -0.39 is 0 Å². The molecule has 1 heterocycles. The van der Waals surface area contributed by atoms with Gasteiger partial charge in [-0.2, -0.15) is 0 Å². The van der Waals surface area contributed by atoms with E-state index in [1.165, 1.54) is 11.8 Å². The predicted octanol–water partition coefficient (Wildman–Crippen LogP) is 8.36. The minimum atomic E-state index is -0.146. The van der Waals surface area contributed by atoms with Gasteiger partial charge in [-0.1, -0.05) is 88.4 Å². The van der Waals surface area contributed by atoms with E-state index in [1.807, 2.05) is 84.9 Å². The smallest absolute Gasteiger partial charge is 0.270 e. The van der Waals surface area contributed by atoms with Crippen molar-refractivity contribution in [3.05, 3.63) is 104 Å². The number of rotatable bonds is 6. The summed E-state index contributed by atoms with van der Waals surface area (Å²) in [5.41, 5.74) is 2.62. The SMILES string of the molecule is COc1cc(/C=C2\SC(=S)N(c3cccc4ccccc34)C2=O)cc(Br)c1OCc1ccc(Br)cc1. The molecule has 0 unspecified atom stereocenters. The molecule has 4 nitrogen and oxygen atoms in total. The summed E-state index contributed by atoms with van der Waals surface area (Å²) in [5.74, 6) is 1.02. The third-order valence-corrected chi connectivity index (χ3v) is 8.07. The Morgan fingerprint density at radius 1 is 1.00 bits per heavy atom. The van der Waals surface area contributed by atoms with E-state index in [2.05, 4.69) is 31.9 Å². The molecule has 180 valence electrons. The van der Waals surface area contributed by atoms with E-state index in [9.17, 15) is 4.79 Å². The van der Waals surface area contributed by atoms with Gasteiger partial charge in [-0.3, -0.25) is 9.69 Å². The first-order valence-corrected chi connectivity index (χ1v) is 13.8. The van der Waals surface area contributed by atoms with Crippen LogP contribution in [-0.4, -0.2) is 17.3 Å². The molecular formula is C28H19Br2NO3S2. The predicted molar refractivity (Wildman–Crippen MR) is 159 cm³/mol.